The van der Waals surface area contributed by atoms with E-state index < -0.39 is 0 Å². The Morgan fingerprint density at radius 3 is 2.90 bits per heavy atom. The number of amides is 1. The Hall–Kier alpha value is -2.27. The summed E-state index contributed by atoms with van der Waals surface area (Å²) >= 11 is 0. The number of hydrogen-bond acceptors (Lipinski definition) is 4. The van der Waals surface area contributed by atoms with E-state index >= 15 is 0 Å². The van der Waals surface area contributed by atoms with E-state index in [4.69, 9.17) is 10.2 Å². The van der Waals surface area contributed by atoms with E-state index in [-0.39, 0.29) is 5.91 Å². The predicted molar refractivity (Wildman–Crippen MR) is 79.3 cm³/mol. The van der Waals surface area contributed by atoms with Gasteiger partial charge >= 0.3 is 0 Å². The van der Waals surface area contributed by atoms with Crippen molar-refractivity contribution in [3.05, 3.63) is 47.9 Å². The Bertz CT molecular complexity index is 579. The summed E-state index contributed by atoms with van der Waals surface area (Å²) in [5, 5.41) is 2.88. The quantitative estimate of drug-likeness (QED) is 0.820. The normalized spacial score (nSPS) is 10.8. The number of carbonyl (C=O) groups is 1. The summed E-state index contributed by atoms with van der Waals surface area (Å²) in [6.45, 7) is 2.86. The van der Waals surface area contributed by atoms with Gasteiger partial charge in [-0.05, 0) is 37.7 Å². The molecule has 0 saturated heterocycles. The lowest BCUT2D eigenvalue weighted by molar-refractivity contribution is -0.117. The molecule has 5 heteroatoms. The van der Waals surface area contributed by atoms with Gasteiger partial charge in [0.25, 0.3) is 0 Å². The molecule has 0 bridgehead atoms. The fraction of sp³-hybridized carbons (Fsp3) is 0.267. The number of carbonyl (C=O) groups excluding carboxylic acids is 1. The molecule has 0 unspecified atom stereocenters. The van der Waals surface area contributed by atoms with Crippen molar-refractivity contribution in [1.29, 1.82) is 0 Å². The lowest BCUT2D eigenvalue weighted by atomic mass is 10.1. The smallest absolute Gasteiger partial charge is 0.238 e. The molecule has 20 heavy (non-hydrogen) atoms. The minimum Gasteiger partial charge on any atom is -0.472 e. The molecule has 1 aromatic carbocycles. The van der Waals surface area contributed by atoms with Gasteiger partial charge in [0.1, 0.15) is 0 Å². The molecule has 1 aromatic heterocycles. The van der Waals surface area contributed by atoms with Crippen LogP contribution in [0.15, 0.2) is 41.2 Å². The molecule has 106 valence electrons. The first-order chi connectivity index (χ1) is 9.56. The van der Waals surface area contributed by atoms with Gasteiger partial charge in [0.05, 0.1) is 19.1 Å². The maximum atomic E-state index is 12.0. The second-order valence-corrected chi connectivity index (χ2v) is 4.87. The van der Waals surface area contributed by atoms with Gasteiger partial charge < -0.3 is 15.5 Å². The van der Waals surface area contributed by atoms with E-state index in [0.717, 1.165) is 16.8 Å². The summed E-state index contributed by atoms with van der Waals surface area (Å²) in [7, 11) is 1.89. The van der Waals surface area contributed by atoms with Gasteiger partial charge in [-0.25, -0.2) is 0 Å². The van der Waals surface area contributed by atoms with Crippen LogP contribution < -0.4 is 11.1 Å². The van der Waals surface area contributed by atoms with Crippen molar-refractivity contribution in [3.63, 3.8) is 0 Å². The minimum absolute atomic E-state index is 0.0651. The molecule has 0 fully saturated rings. The van der Waals surface area contributed by atoms with Crippen LogP contribution >= 0.6 is 0 Å². The highest BCUT2D eigenvalue weighted by Crippen LogP contribution is 2.20. The van der Waals surface area contributed by atoms with Crippen molar-refractivity contribution >= 4 is 17.3 Å². The molecule has 2 rings (SSSR count). The Morgan fingerprint density at radius 1 is 1.40 bits per heavy atom. The van der Waals surface area contributed by atoms with E-state index in [9.17, 15) is 4.79 Å². The maximum absolute atomic E-state index is 12.0. The monoisotopic (exact) mass is 273 g/mol. The molecule has 0 saturated carbocycles. The highest BCUT2D eigenvalue weighted by Gasteiger charge is 2.10. The van der Waals surface area contributed by atoms with E-state index in [1.807, 2.05) is 43.1 Å². The van der Waals surface area contributed by atoms with Crippen LogP contribution in [0.2, 0.25) is 0 Å². The number of likely N-dealkylation sites (N-methyl/N-ethyl adjacent to an activating group) is 1. The molecule has 0 spiro atoms. The Morgan fingerprint density at radius 2 is 2.20 bits per heavy atom. The molecular formula is C15H19N3O2. The van der Waals surface area contributed by atoms with Gasteiger partial charge in [0.2, 0.25) is 5.91 Å². The SMILES string of the molecule is Cc1c(N)cccc1NC(=O)CN(C)Cc1ccoc1. The van der Waals surface area contributed by atoms with Crippen LogP contribution in [0, 0.1) is 6.92 Å². The molecule has 0 atom stereocenters. The van der Waals surface area contributed by atoms with Gasteiger partial charge in [0.15, 0.2) is 0 Å². The lowest BCUT2D eigenvalue weighted by Crippen LogP contribution is -2.29. The molecule has 0 aliphatic carbocycles. The van der Waals surface area contributed by atoms with E-state index in [1.165, 1.54) is 0 Å². The van der Waals surface area contributed by atoms with Crippen LogP contribution in [0.5, 0.6) is 0 Å². The number of benzene rings is 1. The number of anilines is 2. The highest BCUT2D eigenvalue weighted by molar-refractivity contribution is 5.93. The fourth-order valence-electron chi connectivity index (χ4n) is 1.97. The predicted octanol–water partition coefficient (Wildman–Crippen LogP) is 2.24. The van der Waals surface area contributed by atoms with Crippen molar-refractivity contribution in [2.24, 2.45) is 0 Å². The van der Waals surface area contributed by atoms with Gasteiger partial charge in [-0.15, -0.1) is 0 Å². The zero-order chi connectivity index (χ0) is 14.5. The molecule has 0 radical (unpaired) electrons. The highest BCUT2D eigenvalue weighted by atomic mass is 16.3. The van der Waals surface area contributed by atoms with Crippen LogP contribution in [0.1, 0.15) is 11.1 Å². The summed E-state index contributed by atoms with van der Waals surface area (Å²) in [4.78, 5) is 13.9. The summed E-state index contributed by atoms with van der Waals surface area (Å²) in [5.74, 6) is -0.0651. The first-order valence-electron chi connectivity index (χ1n) is 6.41. The topological polar surface area (TPSA) is 71.5 Å². The number of hydrogen-bond donors (Lipinski definition) is 2. The summed E-state index contributed by atoms with van der Waals surface area (Å²) < 4.78 is 5.00. The van der Waals surface area contributed by atoms with Crippen LogP contribution in [0.3, 0.4) is 0 Å². The third kappa shape index (κ3) is 3.61. The third-order valence-corrected chi connectivity index (χ3v) is 3.10. The van der Waals surface area contributed by atoms with E-state index in [0.29, 0.717) is 18.8 Å². The van der Waals surface area contributed by atoms with E-state index in [2.05, 4.69) is 5.32 Å². The second kappa shape index (κ2) is 6.25. The largest absolute Gasteiger partial charge is 0.472 e. The van der Waals surface area contributed by atoms with Crippen LogP contribution in [0.4, 0.5) is 11.4 Å². The van der Waals surface area contributed by atoms with E-state index in [1.54, 1.807) is 12.5 Å². The van der Waals surface area contributed by atoms with Crippen LogP contribution in [-0.2, 0) is 11.3 Å². The number of nitrogens with two attached hydrogens (primary N) is 1. The Labute approximate surface area is 118 Å². The number of nitrogens with zero attached hydrogens (tertiary/aromatic N) is 1. The average molecular weight is 273 g/mol. The molecular weight excluding hydrogens is 254 g/mol. The van der Waals surface area contributed by atoms with Gasteiger partial charge in [-0.2, -0.15) is 0 Å². The molecule has 2 aromatic rings. The third-order valence-electron chi connectivity index (χ3n) is 3.10. The van der Waals surface area contributed by atoms with Crippen LogP contribution in [0.25, 0.3) is 0 Å². The first kappa shape index (κ1) is 14.1. The maximum Gasteiger partial charge on any atom is 0.238 e. The summed E-state index contributed by atoms with van der Waals surface area (Å²) in [6, 6.07) is 7.37. The summed E-state index contributed by atoms with van der Waals surface area (Å²) in [5.41, 5.74) is 9.18. The van der Waals surface area contributed by atoms with Gasteiger partial charge in [-0.1, -0.05) is 6.07 Å². The molecule has 0 aliphatic heterocycles. The van der Waals surface area contributed by atoms with Crippen molar-refractivity contribution in [2.75, 3.05) is 24.6 Å². The standard InChI is InChI=1S/C15H19N3O2/c1-11-13(16)4-3-5-14(11)17-15(19)9-18(2)8-12-6-7-20-10-12/h3-7,10H,8-9,16H2,1-2H3,(H,17,19). The molecule has 5 nitrogen and oxygen atoms in total. The number of furan rings is 1. The average Bonchev–Trinajstić information content (AvgIpc) is 2.87. The van der Waals surface area contributed by atoms with Crippen LogP contribution in [-0.4, -0.2) is 24.4 Å². The zero-order valence-electron chi connectivity index (χ0n) is 11.7. The van der Waals surface area contributed by atoms with Crippen molar-refractivity contribution in [1.82, 2.24) is 4.90 Å². The second-order valence-electron chi connectivity index (χ2n) is 4.87. The van der Waals surface area contributed by atoms with Gasteiger partial charge in [0, 0.05) is 23.5 Å². The summed E-state index contributed by atoms with van der Waals surface area (Å²) in [6.07, 6.45) is 3.30. The van der Waals surface area contributed by atoms with Gasteiger partial charge in [-0.3, -0.25) is 9.69 Å². The number of rotatable bonds is 5. The number of nitrogens with one attached hydrogen (secondary N) is 1. The van der Waals surface area contributed by atoms with Crippen molar-refractivity contribution in [3.8, 4) is 0 Å². The zero-order valence-corrected chi connectivity index (χ0v) is 11.7. The lowest BCUT2D eigenvalue weighted by Gasteiger charge is -2.16. The van der Waals surface area contributed by atoms with Crippen molar-refractivity contribution < 1.29 is 9.21 Å². The fourth-order valence-corrected chi connectivity index (χ4v) is 1.97. The molecule has 3 N–H and O–H groups in total. The molecule has 0 aliphatic rings. The number of nitrogen functional groups attached to an aromatic ring is 1. The minimum atomic E-state index is -0.0651. The first-order valence-corrected chi connectivity index (χ1v) is 6.41. The Kier molecular flexibility index (Phi) is 4.42. The molecule has 1 heterocycles. The molecule has 1 amide bonds. The van der Waals surface area contributed by atoms with Crippen molar-refractivity contribution in [2.45, 2.75) is 13.5 Å². The Balaban J connectivity index is 1.90.